The largest absolute Gasteiger partial charge is 0.383 e. The standard InChI is InChI=1S/C22H19F4N9/c1-2-17(16(34-28)8-29-15-4-3-12(23)5-14(15)24)35-9-13(18-20(27)32-10-33-22(18)35)11-6-30-21(19(25)26)31-7-11/h3-10,17,19,28-29H,2H2,1H3,(H2,27,32,33)/b16-8-,34-28?. The van der Waals surface area contributed by atoms with Crippen LogP contribution in [0.1, 0.15) is 31.6 Å². The Hall–Kier alpha value is -4.42. The molecule has 35 heavy (non-hydrogen) atoms. The van der Waals surface area contributed by atoms with Crippen LogP contribution in [0.25, 0.3) is 22.2 Å². The van der Waals surface area contributed by atoms with Crippen molar-refractivity contribution in [2.75, 3.05) is 11.1 Å². The molecule has 0 radical (unpaired) electrons. The first-order valence-corrected chi connectivity index (χ1v) is 10.3. The molecule has 0 saturated carbocycles. The molecule has 4 N–H and O–H groups in total. The lowest BCUT2D eigenvalue weighted by molar-refractivity contribution is 0.140. The van der Waals surface area contributed by atoms with Gasteiger partial charge in [0.05, 0.1) is 17.1 Å². The van der Waals surface area contributed by atoms with Crippen molar-refractivity contribution in [2.45, 2.75) is 25.8 Å². The van der Waals surface area contributed by atoms with Crippen LogP contribution in [0.15, 0.2) is 60.1 Å². The molecule has 4 aromatic rings. The predicted octanol–water partition coefficient (Wildman–Crippen LogP) is 5.62. The molecule has 3 aromatic heterocycles. The minimum absolute atomic E-state index is 0.00305. The summed E-state index contributed by atoms with van der Waals surface area (Å²) in [6, 6.07) is 2.50. The van der Waals surface area contributed by atoms with Gasteiger partial charge in [0.25, 0.3) is 6.43 Å². The summed E-state index contributed by atoms with van der Waals surface area (Å²) < 4.78 is 54.7. The molecular weight excluding hydrogens is 466 g/mol. The molecule has 0 saturated heterocycles. The topological polar surface area (TPSA) is 131 Å². The van der Waals surface area contributed by atoms with Crippen LogP contribution in [-0.2, 0) is 0 Å². The summed E-state index contributed by atoms with van der Waals surface area (Å²) in [6.07, 6.45) is 4.42. The monoisotopic (exact) mass is 485 g/mol. The molecule has 1 atom stereocenters. The summed E-state index contributed by atoms with van der Waals surface area (Å²) in [5.41, 5.74) is 15.3. The quantitative estimate of drug-likeness (QED) is 0.219. The Kier molecular flexibility index (Phi) is 6.66. The number of hydrogen-bond donors (Lipinski definition) is 3. The van der Waals surface area contributed by atoms with Gasteiger partial charge in [-0.2, -0.15) is 5.11 Å². The van der Waals surface area contributed by atoms with Crippen molar-refractivity contribution >= 4 is 22.5 Å². The van der Waals surface area contributed by atoms with E-state index in [1.165, 1.54) is 31.0 Å². The summed E-state index contributed by atoms with van der Waals surface area (Å²) >= 11 is 0. The van der Waals surface area contributed by atoms with Crippen molar-refractivity contribution in [3.8, 4) is 11.1 Å². The normalized spacial score (nSPS) is 12.8. The van der Waals surface area contributed by atoms with Gasteiger partial charge in [0.2, 0.25) is 0 Å². The summed E-state index contributed by atoms with van der Waals surface area (Å²) in [4.78, 5) is 15.8. The zero-order valence-electron chi connectivity index (χ0n) is 18.3. The van der Waals surface area contributed by atoms with E-state index in [9.17, 15) is 17.6 Å². The van der Waals surface area contributed by atoms with Crippen LogP contribution in [0.5, 0.6) is 0 Å². The van der Waals surface area contributed by atoms with E-state index in [1.54, 1.807) is 10.8 Å². The van der Waals surface area contributed by atoms with E-state index in [1.807, 2.05) is 6.92 Å². The molecule has 180 valence electrons. The van der Waals surface area contributed by atoms with Crippen LogP contribution in [0, 0.1) is 17.2 Å². The average Bonchev–Trinajstić information content (AvgIpc) is 3.23. The molecule has 0 aliphatic heterocycles. The molecule has 9 nitrogen and oxygen atoms in total. The highest BCUT2D eigenvalue weighted by molar-refractivity contribution is 6.00. The number of hydrogen-bond acceptors (Lipinski definition) is 8. The maximum absolute atomic E-state index is 14.0. The van der Waals surface area contributed by atoms with Crippen LogP contribution in [0.2, 0.25) is 0 Å². The Bertz CT molecular complexity index is 1400. The van der Waals surface area contributed by atoms with Crippen molar-refractivity contribution < 1.29 is 17.6 Å². The first-order chi connectivity index (χ1) is 16.8. The zero-order chi connectivity index (χ0) is 25.1. The number of allylic oxidation sites excluding steroid dienone is 1. The van der Waals surface area contributed by atoms with E-state index in [4.69, 9.17) is 11.3 Å². The molecule has 0 fully saturated rings. The molecular formula is C22H19F4N9. The zero-order valence-corrected chi connectivity index (χ0v) is 18.3. The van der Waals surface area contributed by atoms with Gasteiger partial charge in [-0.1, -0.05) is 6.92 Å². The van der Waals surface area contributed by atoms with Crippen LogP contribution in [0.3, 0.4) is 0 Å². The van der Waals surface area contributed by atoms with Gasteiger partial charge in [-0.25, -0.2) is 43.0 Å². The van der Waals surface area contributed by atoms with Gasteiger partial charge in [-0.05, 0) is 18.6 Å². The Labute approximate surface area is 196 Å². The number of nitrogen functional groups attached to an aromatic ring is 1. The molecule has 1 aromatic carbocycles. The minimum atomic E-state index is -2.81. The van der Waals surface area contributed by atoms with Crippen LogP contribution >= 0.6 is 0 Å². The highest BCUT2D eigenvalue weighted by Crippen LogP contribution is 2.36. The lowest BCUT2D eigenvalue weighted by Crippen LogP contribution is -2.11. The van der Waals surface area contributed by atoms with Gasteiger partial charge in [0.15, 0.2) is 5.82 Å². The first kappa shape index (κ1) is 23.7. The lowest BCUT2D eigenvalue weighted by Gasteiger charge is -2.18. The highest BCUT2D eigenvalue weighted by atomic mass is 19.3. The van der Waals surface area contributed by atoms with E-state index in [-0.39, 0.29) is 17.2 Å². The Balaban J connectivity index is 1.79. The molecule has 13 heteroatoms. The molecule has 1 unspecified atom stereocenters. The maximum atomic E-state index is 14.0. The van der Waals surface area contributed by atoms with Crippen molar-refractivity contribution in [3.63, 3.8) is 0 Å². The fourth-order valence-electron chi connectivity index (χ4n) is 3.66. The number of benzene rings is 1. The molecule has 0 amide bonds. The van der Waals surface area contributed by atoms with Gasteiger partial charge in [-0.15, -0.1) is 0 Å². The molecule has 0 bridgehead atoms. The summed E-state index contributed by atoms with van der Waals surface area (Å²) in [7, 11) is 0. The number of nitrogens with one attached hydrogen (secondary N) is 2. The van der Waals surface area contributed by atoms with Gasteiger partial charge in [0, 0.05) is 42.0 Å². The predicted molar refractivity (Wildman–Crippen MR) is 120 cm³/mol. The third-order valence-electron chi connectivity index (χ3n) is 5.32. The van der Waals surface area contributed by atoms with Crippen LogP contribution in [0.4, 0.5) is 29.1 Å². The Morgan fingerprint density at radius 3 is 2.57 bits per heavy atom. The minimum Gasteiger partial charge on any atom is -0.383 e. The molecule has 3 heterocycles. The van der Waals surface area contributed by atoms with E-state index in [0.29, 0.717) is 28.6 Å². The summed E-state index contributed by atoms with van der Waals surface area (Å²) in [6.45, 7) is 1.85. The lowest BCUT2D eigenvalue weighted by atomic mass is 10.1. The van der Waals surface area contributed by atoms with Crippen molar-refractivity contribution in [2.24, 2.45) is 5.11 Å². The number of anilines is 2. The van der Waals surface area contributed by atoms with Gasteiger partial charge >= 0.3 is 0 Å². The van der Waals surface area contributed by atoms with Crippen LogP contribution in [-0.4, -0.2) is 24.5 Å². The fraction of sp³-hybridized carbons (Fsp3) is 0.182. The number of halogens is 4. The number of alkyl halides is 2. The van der Waals surface area contributed by atoms with E-state index in [2.05, 4.69) is 30.4 Å². The highest BCUT2D eigenvalue weighted by Gasteiger charge is 2.23. The Morgan fingerprint density at radius 1 is 1.20 bits per heavy atom. The fourth-order valence-corrected chi connectivity index (χ4v) is 3.66. The molecule has 0 aliphatic rings. The first-order valence-electron chi connectivity index (χ1n) is 10.3. The average molecular weight is 485 g/mol. The number of nitrogens with two attached hydrogens (primary N) is 1. The molecule has 0 spiro atoms. The van der Waals surface area contributed by atoms with E-state index < -0.39 is 29.9 Å². The van der Waals surface area contributed by atoms with Gasteiger partial charge in [0.1, 0.15) is 35.1 Å². The van der Waals surface area contributed by atoms with Crippen LogP contribution < -0.4 is 11.1 Å². The number of nitrogens with zero attached hydrogens (tertiary/aromatic N) is 6. The SMILES string of the molecule is CCC(/C(=C/Nc1ccc(F)cc1F)N=N)n1cc(-c2cnc(C(F)F)nc2)c2c(N)ncnc21. The molecule has 4 rings (SSSR count). The van der Waals surface area contributed by atoms with E-state index in [0.717, 1.165) is 12.1 Å². The summed E-state index contributed by atoms with van der Waals surface area (Å²) in [5, 5.41) is 6.75. The maximum Gasteiger partial charge on any atom is 0.297 e. The Morgan fingerprint density at radius 2 is 1.94 bits per heavy atom. The molecule has 0 aliphatic carbocycles. The third-order valence-corrected chi connectivity index (χ3v) is 5.32. The summed E-state index contributed by atoms with van der Waals surface area (Å²) in [5.74, 6) is -1.98. The van der Waals surface area contributed by atoms with Gasteiger partial charge < -0.3 is 15.6 Å². The van der Waals surface area contributed by atoms with Crippen molar-refractivity contribution in [1.29, 1.82) is 5.53 Å². The number of rotatable bonds is 8. The third kappa shape index (κ3) is 4.65. The van der Waals surface area contributed by atoms with Crippen molar-refractivity contribution in [3.05, 3.63) is 72.5 Å². The smallest absolute Gasteiger partial charge is 0.297 e. The second-order valence-corrected chi connectivity index (χ2v) is 7.41. The van der Waals surface area contributed by atoms with Crippen molar-refractivity contribution in [1.82, 2.24) is 24.5 Å². The number of fused-ring (bicyclic) bond motifs is 1. The second kappa shape index (κ2) is 9.83. The second-order valence-electron chi connectivity index (χ2n) is 7.41. The van der Waals surface area contributed by atoms with Gasteiger partial charge in [-0.3, -0.25) is 0 Å². The number of aromatic nitrogens is 5. The van der Waals surface area contributed by atoms with E-state index >= 15 is 0 Å².